The van der Waals surface area contributed by atoms with Gasteiger partial charge in [0.05, 0.1) is 9.21 Å². The molecule has 3 aromatic heterocycles. The molecule has 0 aromatic carbocycles. The Morgan fingerprint density at radius 3 is 2.87 bits per heavy atom. The van der Waals surface area contributed by atoms with Gasteiger partial charge in [-0.05, 0) is 28.8 Å². The van der Waals surface area contributed by atoms with Crippen LogP contribution in [0.5, 0.6) is 0 Å². The van der Waals surface area contributed by atoms with E-state index in [1.165, 1.54) is 11.3 Å². The Kier molecular flexibility index (Phi) is 4.79. The van der Waals surface area contributed by atoms with E-state index in [0.717, 1.165) is 21.7 Å². The normalized spacial score (nSPS) is 10.7. The molecule has 0 radical (unpaired) electrons. The molecule has 118 valence electrons. The summed E-state index contributed by atoms with van der Waals surface area (Å²) in [5.41, 5.74) is 0.833. The molecule has 0 N–H and O–H groups in total. The minimum atomic E-state index is -0.615. The van der Waals surface area contributed by atoms with Crippen molar-refractivity contribution in [2.75, 3.05) is 6.61 Å². The average Bonchev–Trinajstić information content (AvgIpc) is 3.25. The van der Waals surface area contributed by atoms with Gasteiger partial charge in [0.1, 0.15) is 0 Å². The second kappa shape index (κ2) is 6.99. The number of rotatable bonds is 6. The van der Waals surface area contributed by atoms with Crippen molar-refractivity contribution in [1.29, 1.82) is 0 Å². The summed E-state index contributed by atoms with van der Waals surface area (Å²) >= 11 is 8.40. The number of halogens is 1. The van der Waals surface area contributed by atoms with E-state index in [4.69, 9.17) is 16.3 Å². The first-order chi connectivity index (χ1) is 11.1. The monoisotopic (exact) mass is 368 g/mol. The maximum Gasteiger partial charge on any atom is 0.330 e. The Hall–Kier alpha value is -2.10. The molecule has 0 fully saturated rings. The van der Waals surface area contributed by atoms with E-state index in [0.29, 0.717) is 15.0 Å². The molecule has 0 aliphatic rings. The second-order valence-electron chi connectivity index (χ2n) is 4.34. The maximum absolute atomic E-state index is 11.8. The molecule has 3 aromatic rings. The highest BCUT2D eigenvalue weighted by Gasteiger charge is 2.14. The van der Waals surface area contributed by atoms with Crippen LogP contribution in [-0.2, 0) is 16.1 Å². The van der Waals surface area contributed by atoms with Crippen molar-refractivity contribution in [2.45, 2.75) is 6.54 Å². The molecular weight excluding hydrogens is 360 g/mol. The van der Waals surface area contributed by atoms with Crippen LogP contribution in [0.15, 0.2) is 29.0 Å². The van der Waals surface area contributed by atoms with Gasteiger partial charge in [0.25, 0.3) is 0 Å². The molecule has 0 aliphatic heterocycles. The number of hydrogen-bond acceptors (Lipinski definition) is 8. The zero-order chi connectivity index (χ0) is 16.2. The largest absolute Gasteiger partial charge is 0.456 e. The molecule has 23 heavy (non-hydrogen) atoms. The molecular formula is C13H9ClN4O3S2. The zero-order valence-electron chi connectivity index (χ0n) is 11.5. The summed E-state index contributed by atoms with van der Waals surface area (Å²) in [6.45, 7) is -0.558. The number of Topliss-reactive ketones (excluding diaryl/α,β-unsaturated/α-hetero) is 1. The fourth-order valence-corrected chi connectivity index (χ4v) is 3.26. The summed E-state index contributed by atoms with van der Waals surface area (Å²) < 4.78 is 5.43. The number of carbonyl (C=O) groups is 2. The molecule has 7 nitrogen and oxygen atoms in total. The van der Waals surface area contributed by atoms with Crippen LogP contribution in [0.25, 0.3) is 11.4 Å². The summed E-state index contributed by atoms with van der Waals surface area (Å²) in [5.74, 6) is -0.487. The standard InChI is InChI=1S/C13H9ClN4O3S2/c14-11-2-1-10(23-11)9(19)6-21-12(20)5-18-16-13(15-17-18)8-3-4-22-7-8/h1-4,7H,5-6H2. The van der Waals surface area contributed by atoms with Gasteiger partial charge in [0, 0.05) is 10.9 Å². The third-order valence-corrected chi connectivity index (χ3v) is 4.67. The first-order valence-electron chi connectivity index (χ1n) is 6.36. The van der Waals surface area contributed by atoms with Crippen molar-refractivity contribution in [3.05, 3.63) is 38.2 Å². The molecule has 0 atom stereocenters. The lowest BCUT2D eigenvalue weighted by atomic mass is 10.3. The number of nitrogens with zero attached hydrogens (tertiary/aromatic N) is 4. The lowest BCUT2D eigenvalue weighted by Gasteiger charge is -2.02. The molecule has 0 saturated carbocycles. The summed E-state index contributed by atoms with van der Waals surface area (Å²) in [4.78, 5) is 25.1. The zero-order valence-corrected chi connectivity index (χ0v) is 13.9. The smallest absolute Gasteiger partial charge is 0.330 e. The summed E-state index contributed by atoms with van der Waals surface area (Å²) in [7, 11) is 0. The topological polar surface area (TPSA) is 87.0 Å². The Morgan fingerprint density at radius 1 is 1.30 bits per heavy atom. The second-order valence-corrected chi connectivity index (χ2v) is 6.84. The van der Waals surface area contributed by atoms with Crippen LogP contribution in [0.1, 0.15) is 9.67 Å². The van der Waals surface area contributed by atoms with E-state index in [-0.39, 0.29) is 18.9 Å². The minimum absolute atomic E-state index is 0.213. The van der Waals surface area contributed by atoms with E-state index in [1.54, 1.807) is 12.1 Å². The van der Waals surface area contributed by atoms with E-state index >= 15 is 0 Å². The van der Waals surface area contributed by atoms with E-state index < -0.39 is 5.97 Å². The summed E-state index contributed by atoms with van der Waals surface area (Å²) in [5, 5.41) is 15.5. The Balaban J connectivity index is 1.52. The molecule has 0 aliphatic carbocycles. The van der Waals surface area contributed by atoms with Crippen molar-refractivity contribution in [1.82, 2.24) is 20.2 Å². The van der Waals surface area contributed by atoms with Gasteiger partial charge in [0.15, 0.2) is 13.2 Å². The van der Waals surface area contributed by atoms with Crippen molar-refractivity contribution in [3.63, 3.8) is 0 Å². The van der Waals surface area contributed by atoms with Crippen molar-refractivity contribution >= 4 is 46.0 Å². The number of esters is 1. The predicted molar refractivity (Wildman–Crippen MR) is 85.7 cm³/mol. The summed E-state index contributed by atoms with van der Waals surface area (Å²) in [6, 6.07) is 5.07. The van der Waals surface area contributed by atoms with Gasteiger partial charge < -0.3 is 4.74 Å². The van der Waals surface area contributed by atoms with Gasteiger partial charge in [0.2, 0.25) is 11.6 Å². The van der Waals surface area contributed by atoms with E-state index in [1.807, 2.05) is 16.8 Å². The van der Waals surface area contributed by atoms with Crippen LogP contribution in [0.4, 0.5) is 0 Å². The first-order valence-corrected chi connectivity index (χ1v) is 8.50. The highest BCUT2D eigenvalue weighted by atomic mass is 35.5. The number of carbonyl (C=O) groups excluding carboxylic acids is 2. The van der Waals surface area contributed by atoms with Gasteiger partial charge in [-0.1, -0.05) is 11.6 Å². The van der Waals surface area contributed by atoms with Gasteiger partial charge >= 0.3 is 5.97 Å². The van der Waals surface area contributed by atoms with Crippen LogP contribution < -0.4 is 0 Å². The quantitative estimate of drug-likeness (QED) is 0.491. The predicted octanol–water partition coefficient (Wildman–Crippen LogP) is 2.54. The van der Waals surface area contributed by atoms with Gasteiger partial charge in [-0.15, -0.1) is 21.5 Å². The van der Waals surface area contributed by atoms with Crippen LogP contribution in [0.3, 0.4) is 0 Å². The number of tetrazole rings is 1. The lowest BCUT2D eigenvalue weighted by Crippen LogP contribution is -2.19. The number of aromatic nitrogens is 4. The minimum Gasteiger partial charge on any atom is -0.456 e. The Morgan fingerprint density at radius 2 is 2.17 bits per heavy atom. The highest BCUT2D eigenvalue weighted by molar-refractivity contribution is 7.18. The summed E-state index contributed by atoms with van der Waals surface area (Å²) in [6.07, 6.45) is 0. The van der Waals surface area contributed by atoms with Gasteiger partial charge in [-0.2, -0.15) is 16.1 Å². The van der Waals surface area contributed by atoms with Crippen LogP contribution in [0, 0.1) is 0 Å². The third kappa shape index (κ3) is 4.01. The maximum atomic E-state index is 11.8. The van der Waals surface area contributed by atoms with E-state index in [2.05, 4.69) is 15.4 Å². The van der Waals surface area contributed by atoms with Crippen molar-refractivity contribution in [3.8, 4) is 11.4 Å². The fourth-order valence-electron chi connectivity index (χ4n) is 1.66. The van der Waals surface area contributed by atoms with Crippen molar-refractivity contribution < 1.29 is 14.3 Å². The Labute approximate surface area is 143 Å². The van der Waals surface area contributed by atoms with Gasteiger partial charge in [-0.25, -0.2) is 4.79 Å². The lowest BCUT2D eigenvalue weighted by molar-refractivity contribution is -0.143. The van der Waals surface area contributed by atoms with Crippen LogP contribution >= 0.6 is 34.3 Å². The van der Waals surface area contributed by atoms with Crippen LogP contribution in [0.2, 0.25) is 4.34 Å². The molecule has 0 saturated heterocycles. The molecule has 0 amide bonds. The Bertz CT molecular complexity index is 828. The molecule has 0 spiro atoms. The molecule has 10 heteroatoms. The number of thiophene rings is 2. The number of hydrogen-bond donors (Lipinski definition) is 0. The average molecular weight is 369 g/mol. The highest BCUT2D eigenvalue weighted by Crippen LogP contribution is 2.21. The van der Waals surface area contributed by atoms with Crippen molar-refractivity contribution in [2.24, 2.45) is 0 Å². The molecule has 0 bridgehead atoms. The molecule has 3 rings (SSSR count). The number of ketones is 1. The first kappa shape index (κ1) is 15.8. The van der Waals surface area contributed by atoms with E-state index in [9.17, 15) is 9.59 Å². The SMILES string of the molecule is O=C(Cn1nnc(-c2ccsc2)n1)OCC(=O)c1ccc(Cl)s1. The van der Waals surface area contributed by atoms with Gasteiger partial charge in [-0.3, -0.25) is 4.79 Å². The molecule has 3 heterocycles. The molecule has 0 unspecified atom stereocenters. The fraction of sp³-hybridized carbons (Fsp3) is 0.154. The number of ether oxygens (including phenoxy) is 1. The third-order valence-electron chi connectivity index (χ3n) is 2.72. The van der Waals surface area contributed by atoms with Crippen LogP contribution in [-0.4, -0.2) is 38.6 Å².